The first-order valence-corrected chi connectivity index (χ1v) is 19.7. The molecule has 0 saturated heterocycles. The molecule has 13 heteroatoms. The molecule has 0 aliphatic carbocycles. The number of carbonyl (C=O) groups is 3. The van der Waals surface area contributed by atoms with Gasteiger partial charge in [0.05, 0.1) is 33.9 Å². The number of unbranched alkanes of at least 4 members (excludes halogenated alkanes) is 9. The molecule has 12 nitrogen and oxygen atoms in total. The highest BCUT2D eigenvalue weighted by molar-refractivity contribution is 7.80. The molecule has 0 heterocycles. The molecule has 51 heavy (non-hydrogen) atoms. The number of esters is 3. The van der Waals surface area contributed by atoms with Gasteiger partial charge in [-0.05, 0) is 54.1 Å². The fourth-order valence-corrected chi connectivity index (χ4v) is 3.83. The largest absolute Gasteiger partial charge is 0.726 e. The van der Waals surface area contributed by atoms with Gasteiger partial charge in [-0.25, -0.2) is 22.8 Å². The molecule has 302 valence electrons. The highest BCUT2D eigenvalue weighted by Crippen LogP contribution is 2.10. The molecule has 0 aromatic rings. The first kappa shape index (κ1) is 55.2. The summed E-state index contributed by atoms with van der Waals surface area (Å²) in [7, 11) is -1.44. The van der Waals surface area contributed by atoms with Crippen molar-refractivity contribution in [3.05, 3.63) is 36.5 Å². The highest BCUT2D eigenvalue weighted by Gasteiger charge is 2.16. The summed E-state index contributed by atoms with van der Waals surface area (Å²) in [5, 5.41) is 0. The van der Waals surface area contributed by atoms with Crippen LogP contribution in [0.4, 0.5) is 0 Å². The van der Waals surface area contributed by atoms with Gasteiger partial charge in [0.1, 0.15) is 19.8 Å². The van der Waals surface area contributed by atoms with Crippen LogP contribution in [0.3, 0.4) is 0 Å². The molecule has 0 fully saturated rings. The van der Waals surface area contributed by atoms with Crippen LogP contribution in [0.1, 0.15) is 120 Å². The van der Waals surface area contributed by atoms with Crippen LogP contribution in [0, 0.1) is 0 Å². The summed E-state index contributed by atoms with van der Waals surface area (Å²) in [6, 6.07) is 0. The van der Waals surface area contributed by atoms with Crippen molar-refractivity contribution in [2.75, 3.05) is 73.2 Å². The maximum absolute atomic E-state index is 11.1. The van der Waals surface area contributed by atoms with E-state index in [1.807, 2.05) is 0 Å². The summed E-state index contributed by atoms with van der Waals surface area (Å²) < 4.78 is 47.0. The van der Waals surface area contributed by atoms with Crippen molar-refractivity contribution < 1.29 is 50.2 Å². The maximum atomic E-state index is 11.1. The van der Waals surface area contributed by atoms with Crippen molar-refractivity contribution in [1.29, 1.82) is 0 Å². The quantitative estimate of drug-likeness (QED) is 0.0178. The SMILES string of the molecule is C=C(C)C(=O)OCCCCCCCCCCCC.C=C(C)C(=O)OCCN(CC)CC.C=C(C)C(=O)OCC[N+](C)(CC)CC.COS(=O)(=O)[O-]. The molecule has 0 aromatic heterocycles. The molecule has 0 saturated carbocycles. The minimum absolute atomic E-state index is 0.258. The van der Waals surface area contributed by atoms with E-state index >= 15 is 0 Å². The lowest BCUT2D eigenvalue weighted by atomic mass is 10.1. The fraction of sp³-hybridized carbons (Fsp3) is 0.763. The van der Waals surface area contributed by atoms with Gasteiger partial charge in [-0.2, -0.15) is 0 Å². The number of likely N-dealkylation sites (N-methyl/N-ethyl adjacent to an activating group) is 2. The van der Waals surface area contributed by atoms with Crippen LogP contribution >= 0.6 is 0 Å². The summed E-state index contributed by atoms with van der Waals surface area (Å²) in [6.07, 6.45) is 13.0. The van der Waals surface area contributed by atoms with Crippen LogP contribution in [0.5, 0.6) is 0 Å². The molecule has 0 atom stereocenters. The summed E-state index contributed by atoms with van der Waals surface area (Å²) in [5.74, 6) is -0.846. The Hall–Kier alpha value is -2.58. The van der Waals surface area contributed by atoms with E-state index in [0.29, 0.717) is 36.5 Å². The minimum atomic E-state index is -4.41. The van der Waals surface area contributed by atoms with E-state index < -0.39 is 10.4 Å². The van der Waals surface area contributed by atoms with Crippen molar-refractivity contribution in [3.63, 3.8) is 0 Å². The predicted octanol–water partition coefficient (Wildman–Crippen LogP) is 7.16. The smallest absolute Gasteiger partial charge is 0.333 e. The van der Waals surface area contributed by atoms with E-state index in [-0.39, 0.29) is 17.9 Å². The number of quaternary nitrogens is 1. The summed E-state index contributed by atoms with van der Waals surface area (Å²) >= 11 is 0. The summed E-state index contributed by atoms with van der Waals surface area (Å²) in [5.41, 5.74) is 1.41. The zero-order valence-electron chi connectivity index (χ0n) is 33.9. The van der Waals surface area contributed by atoms with Gasteiger partial charge in [0.15, 0.2) is 0 Å². The topological polar surface area (TPSA) is 149 Å². The van der Waals surface area contributed by atoms with Crippen molar-refractivity contribution in [2.45, 2.75) is 120 Å². The average Bonchev–Trinajstić information content (AvgIpc) is 3.09. The van der Waals surface area contributed by atoms with Crippen molar-refractivity contribution in [3.8, 4) is 0 Å². The van der Waals surface area contributed by atoms with E-state index in [1.54, 1.807) is 20.8 Å². The molecule has 0 bridgehead atoms. The van der Waals surface area contributed by atoms with E-state index in [1.165, 1.54) is 57.8 Å². The zero-order chi connectivity index (χ0) is 40.3. The Bertz CT molecular complexity index is 1050. The Kier molecular flexibility index (Phi) is 38.7. The average molecular weight is 751 g/mol. The molecular formula is C38H74N2O10S. The molecule has 0 aromatic carbocycles. The third-order valence-corrected chi connectivity index (χ3v) is 8.32. The maximum Gasteiger partial charge on any atom is 0.333 e. The van der Waals surface area contributed by atoms with Gasteiger partial charge in [-0.3, -0.25) is 4.18 Å². The van der Waals surface area contributed by atoms with Crippen LogP contribution < -0.4 is 0 Å². The van der Waals surface area contributed by atoms with Gasteiger partial charge in [-0.1, -0.05) is 98.3 Å². The molecule has 0 N–H and O–H groups in total. The van der Waals surface area contributed by atoms with Crippen LogP contribution in [0.2, 0.25) is 0 Å². The fourth-order valence-electron chi connectivity index (χ4n) is 3.83. The third kappa shape index (κ3) is 41.7. The molecule has 0 radical (unpaired) electrons. The lowest BCUT2D eigenvalue weighted by molar-refractivity contribution is -0.906. The van der Waals surface area contributed by atoms with Gasteiger partial charge in [-0.15, -0.1) is 0 Å². The molecule has 0 spiro atoms. The standard InChI is InChI=1S/C16H30O2.C11H22NO2.C10H19NO2.CH4O4S/c1-4-5-6-7-8-9-10-11-12-13-14-18-16(17)15(2)3;1-6-12(5,7-2)8-9-14-11(13)10(3)4;1-5-11(6-2)7-8-13-10(12)9(3)4;1-5-6(2,3)4/h2,4-14H2,1,3H3;3,6-9H2,1-2,4-5H3;3,5-8H2,1-2,4H3;1H3,(H,2,3,4)/q;+1;;/p-1. The van der Waals surface area contributed by atoms with Crippen molar-refractivity contribution in [1.82, 2.24) is 4.90 Å². The lowest BCUT2D eigenvalue weighted by Crippen LogP contribution is -2.46. The monoisotopic (exact) mass is 751 g/mol. The van der Waals surface area contributed by atoms with Crippen LogP contribution in [0.25, 0.3) is 0 Å². The molecular weight excluding hydrogens is 676 g/mol. The van der Waals surface area contributed by atoms with Gasteiger partial charge in [0, 0.05) is 23.3 Å². The second kappa shape index (κ2) is 35.8. The molecule has 0 unspecified atom stereocenters. The molecule has 0 aliphatic rings. The van der Waals surface area contributed by atoms with Gasteiger partial charge in [0.25, 0.3) is 0 Å². The normalized spacial score (nSPS) is 10.7. The molecule has 0 amide bonds. The Morgan fingerprint density at radius 3 is 1.27 bits per heavy atom. The van der Waals surface area contributed by atoms with E-state index in [0.717, 1.165) is 57.3 Å². The van der Waals surface area contributed by atoms with Gasteiger partial charge < -0.3 is 28.1 Å². The number of hydrogen-bond donors (Lipinski definition) is 0. The van der Waals surface area contributed by atoms with Crippen LogP contribution in [-0.4, -0.2) is 114 Å². The Morgan fingerprint density at radius 2 is 0.961 bits per heavy atom. The van der Waals surface area contributed by atoms with Gasteiger partial charge >= 0.3 is 17.9 Å². The van der Waals surface area contributed by atoms with E-state index in [4.69, 9.17) is 14.2 Å². The Balaban J connectivity index is -0.000000304. The Labute approximate surface area is 312 Å². The molecule has 0 aliphatic heterocycles. The number of carbonyl (C=O) groups excluding carboxylic acids is 3. The number of hydrogen-bond acceptors (Lipinski definition) is 11. The third-order valence-electron chi connectivity index (χ3n) is 7.91. The Morgan fingerprint density at radius 1 is 0.627 bits per heavy atom. The zero-order valence-corrected chi connectivity index (χ0v) is 34.8. The van der Waals surface area contributed by atoms with E-state index in [9.17, 15) is 27.4 Å². The summed E-state index contributed by atoms with van der Waals surface area (Å²) in [6.45, 7) is 33.5. The number of rotatable bonds is 25. The highest BCUT2D eigenvalue weighted by atomic mass is 32.3. The second-order valence-corrected chi connectivity index (χ2v) is 13.7. The molecule has 0 rings (SSSR count). The first-order chi connectivity index (χ1) is 23.8. The van der Waals surface area contributed by atoms with Crippen LogP contribution in [0.15, 0.2) is 36.5 Å². The number of nitrogens with zero attached hydrogens (tertiary/aromatic N) is 2. The predicted molar refractivity (Wildman–Crippen MR) is 206 cm³/mol. The minimum Gasteiger partial charge on any atom is -0.726 e. The number of ether oxygens (including phenoxy) is 3. The van der Waals surface area contributed by atoms with E-state index in [2.05, 4.69) is 70.5 Å². The van der Waals surface area contributed by atoms with Crippen molar-refractivity contribution >= 4 is 28.3 Å². The van der Waals surface area contributed by atoms with Gasteiger partial charge in [0.2, 0.25) is 10.4 Å². The lowest BCUT2D eigenvalue weighted by Gasteiger charge is -2.31. The first-order valence-electron chi connectivity index (χ1n) is 18.4. The van der Waals surface area contributed by atoms with Crippen molar-refractivity contribution in [2.24, 2.45) is 0 Å². The summed E-state index contributed by atoms with van der Waals surface area (Å²) in [4.78, 5) is 35.3. The van der Waals surface area contributed by atoms with Crippen LogP contribution in [-0.2, 0) is 43.2 Å². The second-order valence-electron chi connectivity index (χ2n) is 12.5.